The van der Waals surface area contributed by atoms with E-state index in [4.69, 9.17) is 30.5 Å². The number of hydrogen-bond acceptors (Lipinski definition) is 8. The Morgan fingerprint density at radius 2 is 1.80 bits per heavy atom. The van der Waals surface area contributed by atoms with Crippen molar-refractivity contribution >= 4 is 50.9 Å². The molecule has 8 nitrogen and oxygen atoms in total. The second-order valence-corrected chi connectivity index (χ2v) is 12.1. The Morgan fingerprint density at radius 1 is 1.07 bits per heavy atom. The van der Waals surface area contributed by atoms with Crippen molar-refractivity contribution in [3.05, 3.63) is 118 Å². The molecule has 3 aromatic carbocycles. The molecule has 0 aliphatic carbocycles. The average Bonchev–Trinajstić information content (AvgIpc) is 3.31. The Morgan fingerprint density at radius 3 is 2.45 bits per heavy atom. The number of esters is 1. The smallest absolute Gasteiger partial charge is 0.338 e. The highest BCUT2D eigenvalue weighted by Gasteiger charge is 2.33. The van der Waals surface area contributed by atoms with Crippen molar-refractivity contribution in [3.8, 4) is 17.2 Å². The SMILES string of the molecule is CCOC(=O)C1=C(C)N=c2s/c(=C\c3cc(Br)cc(OC)c3OCc3ccc(Cl)cc3)c(=O)n2[C@H]1c1ccc(OCC)cc1. The molecule has 0 spiro atoms. The third-order valence-electron chi connectivity index (χ3n) is 6.88. The highest BCUT2D eigenvalue weighted by molar-refractivity contribution is 9.10. The van der Waals surface area contributed by atoms with Crippen LogP contribution in [0, 0.1) is 0 Å². The number of allylic oxidation sites excluding steroid dienone is 1. The molecule has 0 unspecified atom stereocenters. The summed E-state index contributed by atoms with van der Waals surface area (Å²) in [4.78, 5) is 32.5. The van der Waals surface area contributed by atoms with Crippen LogP contribution in [-0.4, -0.2) is 30.9 Å². The number of carbonyl (C=O) groups is 1. The highest BCUT2D eigenvalue weighted by Crippen LogP contribution is 2.36. The fourth-order valence-electron chi connectivity index (χ4n) is 4.90. The first-order valence-electron chi connectivity index (χ1n) is 13.9. The largest absolute Gasteiger partial charge is 0.494 e. The van der Waals surface area contributed by atoms with Crippen LogP contribution >= 0.6 is 38.9 Å². The Kier molecular flexibility index (Phi) is 9.93. The molecule has 1 aromatic heterocycles. The van der Waals surface area contributed by atoms with Crippen molar-refractivity contribution in [1.82, 2.24) is 4.57 Å². The van der Waals surface area contributed by atoms with E-state index in [0.717, 1.165) is 15.6 Å². The van der Waals surface area contributed by atoms with Gasteiger partial charge in [0.2, 0.25) is 0 Å². The Hall–Kier alpha value is -3.86. The number of ether oxygens (including phenoxy) is 4. The zero-order valence-electron chi connectivity index (χ0n) is 24.6. The zero-order chi connectivity index (χ0) is 31.4. The molecule has 0 radical (unpaired) electrons. The van der Waals surface area contributed by atoms with Gasteiger partial charge in [-0.15, -0.1) is 0 Å². The van der Waals surface area contributed by atoms with E-state index >= 15 is 0 Å². The summed E-state index contributed by atoms with van der Waals surface area (Å²) in [6.45, 7) is 6.39. The van der Waals surface area contributed by atoms with Crippen molar-refractivity contribution in [2.24, 2.45) is 4.99 Å². The first-order valence-corrected chi connectivity index (χ1v) is 15.9. The fourth-order valence-corrected chi connectivity index (χ4v) is 6.52. The van der Waals surface area contributed by atoms with Crippen molar-refractivity contribution in [2.75, 3.05) is 20.3 Å². The molecule has 0 N–H and O–H groups in total. The molecule has 0 amide bonds. The molecule has 4 aromatic rings. The Bertz CT molecular complexity index is 1900. The summed E-state index contributed by atoms with van der Waals surface area (Å²) < 4.78 is 25.6. The van der Waals surface area contributed by atoms with Crippen LogP contribution < -0.4 is 29.1 Å². The summed E-state index contributed by atoms with van der Waals surface area (Å²) in [6.07, 6.45) is 1.76. The maximum absolute atomic E-state index is 14.2. The number of carbonyl (C=O) groups excluding carboxylic acids is 1. The van der Waals surface area contributed by atoms with Crippen LogP contribution in [0.15, 0.2) is 86.2 Å². The lowest BCUT2D eigenvalue weighted by Crippen LogP contribution is -2.39. The predicted molar refractivity (Wildman–Crippen MR) is 174 cm³/mol. The minimum Gasteiger partial charge on any atom is -0.494 e. The van der Waals surface area contributed by atoms with Gasteiger partial charge in [-0.2, -0.15) is 0 Å². The van der Waals surface area contributed by atoms with E-state index in [9.17, 15) is 9.59 Å². The molecule has 2 heterocycles. The number of fused-ring (bicyclic) bond motifs is 1. The second kappa shape index (κ2) is 13.8. The minimum absolute atomic E-state index is 0.194. The molecule has 0 saturated carbocycles. The second-order valence-electron chi connectivity index (χ2n) is 9.75. The number of methoxy groups -OCH3 is 1. The van der Waals surface area contributed by atoms with Crippen LogP contribution in [0.1, 0.15) is 43.5 Å². The number of hydrogen-bond donors (Lipinski definition) is 0. The fraction of sp³-hybridized carbons (Fsp3) is 0.242. The molecule has 1 aliphatic heterocycles. The van der Waals surface area contributed by atoms with Gasteiger partial charge >= 0.3 is 5.97 Å². The van der Waals surface area contributed by atoms with Crippen LogP contribution in [0.5, 0.6) is 17.2 Å². The monoisotopic (exact) mass is 696 g/mol. The summed E-state index contributed by atoms with van der Waals surface area (Å²) in [5.74, 6) is 1.15. The highest BCUT2D eigenvalue weighted by atomic mass is 79.9. The van der Waals surface area contributed by atoms with Gasteiger partial charge in [0, 0.05) is 15.1 Å². The van der Waals surface area contributed by atoms with E-state index in [1.165, 1.54) is 11.3 Å². The van der Waals surface area contributed by atoms with E-state index in [1.807, 2.05) is 49.4 Å². The van der Waals surface area contributed by atoms with E-state index in [0.29, 0.717) is 55.0 Å². The number of benzene rings is 3. The molecule has 0 saturated heterocycles. The van der Waals surface area contributed by atoms with E-state index in [2.05, 4.69) is 20.9 Å². The van der Waals surface area contributed by atoms with Crippen molar-refractivity contribution < 1.29 is 23.7 Å². The predicted octanol–water partition coefficient (Wildman–Crippen LogP) is 6.20. The maximum atomic E-state index is 14.2. The first kappa shape index (κ1) is 31.6. The van der Waals surface area contributed by atoms with Gasteiger partial charge in [0.05, 0.1) is 42.2 Å². The molecular weight excluding hydrogens is 668 g/mol. The van der Waals surface area contributed by atoms with Crippen LogP contribution in [0.25, 0.3) is 6.08 Å². The Labute approximate surface area is 272 Å². The lowest BCUT2D eigenvalue weighted by Gasteiger charge is -2.24. The molecule has 1 aliphatic rings. The van der Waals surface area contributed by atoms with Crippen molar-refractivity contribution in [1.29, 1.82) is 0 Å². The van der Waals surface area contributed by atoms with Crippen molar-refractivity contribution in [3.63, 3.8) is 0 Å². The lowest BCUT2D eigenvalue weighted by atomic mass is 9.96. The first-order chi connectivity index (χ1) is 21.2. The van der Waals surface area contributed by atoms with Gasteiger partial charge in [-0.25, -0.2) is 9.79 Å². The van der Waals surface area contributed by atoms with E-state index in [1.54, 1.807) is 49.8 Å². The molecule has 0 fully saturated rings. The van der Waals surface area contributed by atoms with Gasteiger partial charge in [-0.05, 0) is 74.4 Å². The number of aromatic nitrogens is 1. The number of thiazole rings is 1. The third kappa shape index (κ3) is 6.62. The minimum atomic E-state index is -0.735. The maximum Gasteiger partial charge on any atom is 0.338 e. The molecule has 228 valence electrons. The molecule has 5 rings (SSSR count). The lowest BCUT2D eigenvalue weighted by molar-refractivity contribution is -0.139. The summed E-state index contributed by atoms with van der Waals surface area (Å²) >= 11 is 10.8. The van der Waals surface area contributed by atoms with Crippen molar-refractivity contribution in [2.45, 2.75) is 33.4 Å². The van der Waals surface area contributed by atoms with Crippen LogP contribution in [0.3, 0.4) is 0 Å². The summed E-state index contributed by atoms with van der Waals surface area (Å²) in [5, 5.41) is 0.635. The molecule has 11 heteroatoms. The van der Waals surface area contributed by atoms with Gasteiger partial charge in [0.15, 0.2) is 16.3 Å². The molecular formula is C33H30BrClN2O6S. The average molecular weight is 698 g/mol. The molecule has 1 atom stereocenters. The third-order valence-corrected chi connectivity index (χ3v) is 8.57. The van der Waals surface area contributed by atoms with Gasteiger partial charge in [0.25, 0.3) is 5.56 Å². The molecule has 0 bridgehead atoms. The summed E-state index contributed by atoms with van der Waals surface area (Å²) in [7, 11) is 1.56. The van der Waals surface area contributed by atoms with Gasteiger partial charge in [-0.1, -0.05) is 63.1 Å². The van der Waals surface area contributed by atoms with E-state index in [-0.39, 0.29) is 18.8 Å². The van der Waals surface area contributed by atoms with Gasteiger partial charge in [0.1, 0.15) is 12.4 Å². The van der Waals surface area contributed by atoms with E-state index < -0.39 is 12.0 Å². The molecule has 44 heavy (non-hydrogen) atoms. The summed E-state index contributed by atoms with van der Waals surface area (Å²) in [6, 6.07) is 17.7. The van der Waals surface area contributed by atoms with Crippen LogP contribution in [-0.2, 0) is 16.1 Å². The zero-order valence-corrected chi connectivity index (χ0v) is 27.7. The number of nitrogens with zero attached hydrogens (tertiary/aromatic N) is 2. The van der Waals surface area contributed by atoms with Gasteiger partial charge in [-0.3, -0.25) is 9.36 Å². The summed E-state index contributed by atoms with van der Waals surface area (Å²) in [5.41, 5.74) is 2.79. The number of rotatable bonds is 10. The topological polar surface area (TPSA) is 88.4 Å². The van der Waals surface area contributed by atoms with Crippen LogP contribution in [0.2, 0.25) is 5.02 Å². The number of halogens is 2. The van der Waals surface area contributed by atoms with Gasteiger partial charge < -0.3 is 18.9 Å². The normalized spacial score (nSPS) is 14.6. The Balaban J connectivity index is 1.64. The van der Waals surface area contributed by atoms with Crippen LogP contribution in [0.4, 0.5) is 0 Å². The quantitative estimate of drug-likeness (QED) is 0.184. The standard InChI is InChI=1S/C33H30BrClN2O6S/c1-5-41-25-13-9-21(10-14-25)29-28(32(39)42-6-2)19(3)36-33-37(29)31(38)27(44-33)16-22-15-23(34)17-26(40-4)30(22)43-18-20-7-11-24(35)12-8-20/h7-17,29H,5-6,18H2,1-4H3/b27-16-/t29-/m0/s1.